The van der Waals surface area contributed by atoms with Gasteiger partial charge in [-0.25, -0.2) is 4.98 Å². The Morgan fingerprint density at radius 2 is 1.95 bits per heavy atom. The normalized spacial score (nSPS) is 10.8. The topological polar surface area (TPSA) is 58.1 Å². The molecule has 0 saturated carbocycles. The molecule has 2 N–H and O–H groups in total. The van der Waals surface area contributed by atoms with Crippen molar-refractivity contribution in [1.29, 1.82) is 0 Å². The van der Waals surface area contributed by atoms with Crippen LogP contribution in [0.4, 0.5) is 0 Å². The van der Waals surface area contributed by atoms with Gasteiger partial charge in [-0.15, -0.1) is 0 Å². The number of aliphatic hydroxyl groups excluding tert-OH is 1. The Bertz CT molecular complexity index is 719. The Balaban J connectivity index is 2.24. The summed E-state index contributed by atoms with van der Waals surface area (Å²) in [6.07, 6.45) is 1.65. The van der Waals surface area contributed by atoms with E-state index in [4.69, 9.17) is 9.84 Å². The van der Waals surface area contributed by atoms with Crippen LogP contribution < -0.4 is 4.74 Å². The second-order valence-electron chi connectivity index (χ2n) is 4.28. The standard InChI is InChI=1S/C15H14N2O2/c1-19-14-7-6-13(11-4-2-3-5-12(11)14)15-16-8-10(9-18)17-15/h2-8,18H,9H2,1H3,(H,16,17). The van der Waals surface area contributed by atoms with Gasteiger partial charge in [0.25, 0.3) is 0 Å². The molecule has 0 aliphatic rings. The zero-order chi connectivity index (χ0) is 13.2. The molecular formula is C15H14N2O2. The maximum atomic E-state index is 9.10. The van der Waals surface area contributed by atoms with Crippen LogP contribution in [0.25, 0.3) is 22.2 Å². The molecule has 0 amide bonds. The Morgan fingerprint density at radius 3 is 2.63 bits per heavy atom. The molecule has 4 heteroatoms. The van der Waals surface area contributed by atoms with Gasteiger partial charge in [0.15, 0.2) is 0 Å². The third-order valence-electron chi connectivity index (χ3n) is 3.16. The summed E-state index contributed by atoms with van der Waals surface area (Å²) in [4.78, 5) is 7.41. The molecule has 0 radical (unpaired) electrons. The average molecular weight is 254 g/mol. The minimum atomic E-state index is -0.0406. The van der Waals surface area contributed by atoms with Gasteiger partial charge in [-0.3, -0.25) is 0 Å². The van der Waals surface area contributed by atoms with Crippen LogP contribution in [-0.4, -0.2) is 22.2 Å². The number of nitrogens with one attached hydrogen (secondary N) is 1. The first-order valence-corrected chi connectivity index (χ1v) is 6.04. The molecule has 1 heterocycles. The molecular weight excluding hydrogens is 240 g/mol. The van der Waals surface area contributed by atoms with Crippen LogP contribution in [0.1, 0.15) is 5.69 Å². The van der Waals surface area contributed by atoms with E-state index in [1.165, 1.54) is 0 Å². The van der Waals surface area contributed by atoms with E-state index < -0.39 is 0 Å². The van der Waals surface area contributed by atoms with Gasteiger partial charge in [0.2, 0.25) is 0 Å². The molecule has 4 nitrogen and oxygen atoms in total. The van der Waals surface area contributed by atoms with Crippen molar-refractivity contribution in [2.75, 3.05) is 7.11 Å². The number of ether oxygens (including phenoxy) is 1. The fourth-order valence-corrected chi connectivity index (χ4v) is 2.23. The quantitative estimate of drug-likeness (QED) is 0.755. The molecule has 0 saturated heterocycles. The van der Waals surface area contributed by atoms with Gasteiger partial charge < -0.3 is 14.8 Å². The fraction of sp³-hybridized carbons (Fsp3) is 0.133. The SMILES string of the molecule is COc1ccc(-c2ncc(CO)[nH]2)c2ccccc12. The molecule has 2 aromatic carbocycles. The van der Waals surface area contributed by atoms with Crippen molar-refractivity contribution in [3.05, 3.63) is 48.3 Å². The summed E-state index contributed by atoms with van der Waals surface area (Å²) in [6, 6.07) is 11.9. The molecule has 3 rings (SSSR count). The lowest BCUT2D eigenvalue weighted by atomic mass is 10.0. The zero-order valence-electron chi connectivity index (χ0n) is 10.6. The maximum Gasteiger partial charge on any atom is 0.138 e. The van der Waals surface area contributed by atoms with Gasteiger partial charge >= 0.3 is 0 Å². The summed E-state index contributed by atoms with van der Waals surface area (Å²) in [5.74, 6) is 1.59. The molecule has 0 bridgehead atoms. The summed E-state index contributed by atoms with van der Waals surface area (Å²) in [7, 11) is 1.66. The molecule has 0 aliphatic heterocycles. The van der Waals surface area contributed by atoms with Crippen molar-refractivity contribution in [3.8, 4) is 17.1 Å². The number of aromatic amines is 1. The van der Waals surface area contributed by atoms with E-state index in [0.717, 1.165) is 27.9 Å². The molecule has 96 valence electrons. The smallest absolute Gasteiger partial charge is 0.138 e. The summed E-state index contributed by atoms with van der Waals surface area (Å²) in [5, 5.41) is 11.2. The fourth-order valence-electron chi connectivity index (χ4n) is 2.23. The van der Waals surface area contributed by atoms with E-state index in [-0.39, 0.29) is 6.61 Å². The van der Waals surface area contributed by atoms with Crippen LogP contribution in [0.2, 0.25) is 0 Å². The predicted octanol–water partition coefficient (Wildman–Crippen LogP) is 2.73. The molecule has 0 atom stereocenters. The van der Waals surface area contributed by atoms with Gasteiger partial charge in [0.1, 0.15) is 11.6 Å². The zero-order valence-corrected chi connectivity index (χ0v) is 10.6. The highest BCUT2D eigenvalue weighted by molar-refractivity contribution is 5.98. The van der Waals surface area contributed by atoms with E-state index in [1.54, 1.807) is 13.3 Å². The average Bonchev–Trinajstić information content (AvgIpc) is 2.95. The first-order chi connectivity index (χ1) is 9.33. The van der Waals surface area contributed by atoms with Gasteiger partial charge in [-0.05, 0) is 17.5 Å². The first kappa shape index (κ1) is 11.7. The van der Waals surface area contributed by atoms with Crippen molar-refractivity contribution in [1.82, 2.24) is 9.97 Å². The van der Waals surface area contributed by atoms with Crippen LogP contribution in [0.5, 0.6) is 5.75 Å². The van der Waals surface area contributed by atoms with Crippen LogP contribution in [0.3, 0.4) is 0 Å². The number of nitrogens with zero attached hydrogens (tertiary/aromatic N) is 1. The summed E-state index contributed by atoms with van der Waals surface area (Å²) >= 11 is 0. The van der Waals surface area contributed by atoms with Crippen LogP contribution in [0, 0.1) is 0 Å². The summed E-state index contributed by atoms with van der Waals surface area (Å²) < 4.78 is 5.37. The number of methoxy groups -OCH3 is 1. The number of aliphatic hydroxyl groups is 1. The van der Waals surface area contributed by atoms with Crippen LogP contribution in [-0.2, 0) is 6.61 Å². The Hall–Kier alpha value is -2.33. The van der Waals surface area contributed by atoms with Crippen molar-refractivity contribution >= 4 is 10.8 Å². The van der Waals surface area contributed by atoms with E-state index >= 15 is 0 Å². The number of aromatic nitrogens is 2. The number of imidazole rings is 1. The Kier molecular flexibility index (Phi) is 2.93. The molecule has 0 unspecified atom stereocenters. The summed E-state index contributed by atoms with van der Waals surface area (Å²) in [6.45, 7) is -0.0406. The lowest BCUT2D eigenvalue weighted by Gasteiger charge is -2.08. The molecule has 3 aromatic rings. The first-order valence-electron chi connectivity index (χ1n) is 6.04. The number of rotatable bonds is 3. The monoisotopic (exact) mass is 254 g/mol. The van der Waals surface area contributed by atoms with E-state index in [0.29, 0.717) is 5.69 Å². The maximum absolute atomic E-state index is 9.10. The highest BCUT2D eigenvalue weighted by atomic mass is 16.5. The van der Waals surface area contributed by atoms with Gasteiger partial charge in [0.05, 0.1) is 25.6 Å². The van der Waals surface area contributed by atoms with E-state index in [1.807, 2.05) is 36.4 Å². The number of hydrogen-bond donors (Lipinski definition) is 2. The van der Waals surface area contributed by atoms with Gasteiger partial charge in [0, 0.05) is 10.9 Å². The largest absolute Gasteiger partial charge is 0.496 e. The third kappa shape index (κ3) is 1.96. The molecule has 1 aromatic heterocycles. The highest BCUT2D eigenvalue weighted by Crippen LogP contribution is 2.32. The summed E-state index contributed by atoms with van der Waals surface area (Å²) in [5.41, 5.74) is 1.70. The number of fused-ring (bicyclic) bond motifs is 1. The minimum absolute atomic E-state index is 0.0406. The highest BCUT2D eigenvalue weighted by Gasteiger charge is 2.10. The van der Waals surface area contributed by atoms with Crippen molar-refractivity contribution in [2.24, 2.45) is 0 Å². The second-order valence-corrected chi connectivity index (χ2v) is 4.28. The molecule has 19 heavy (non-hydrogen) atoms. The third-order valence-corrected chi connectivity index (χ3v) is 3.16. The van der Waals surface area contributed by atoms with Crippen molar-refractivity contribution in [2.45, 2.75) is 6.61 Å². The van der Waals surface area contributed by atoms with Gasteiger partial charge in [-0.1, -0.05) is 24.3 Å². The lowest BCUT2D eigenvalue weighted by Crippen LogP contribution is -1.89. The second kappa shape index (κ2) is 4.74. The molecule has 0 spiro atoms. The minimum Gasteiger partial charge on any atom is -0.496 e. The predicted molar refractivity (Wildman–Crippen MR) is 74.0 cm³/mol. The van der Waals surface area contributed by atoms with Gasteiger partial charge in [-0.2, -0.15) is 0 Å². The molecule has 0 aliphatic carbocycles. The molecule has 0 fully saturated rings. The van der Waals surface area contributed by atoms with Crippen LogP contribution >= 0.6 is 0 Å². The number of hydrogen-bond acceptors (Lipinski definition) is 3. The van der Waals surface area contributed by atoms with Crippen LogP contribution in [0.15, 0.2) is 42.6 Å². The number of H-pyrrole nitrogens is 1. The van der Waals surface area contributed by atoms with Crippen molar-refractivity contribution < 1.29 is 9.84 Å². The lowest BCUT2D eigenvalue weighted by molar-refractivity contribution is 0.277. The van der Waals surface area contributed by atoms with E-state index in [2.05, 4.69) is 9.97 Å². The Morgan fingerprint density at radius 1 is 1.16 bits per heavy atom. The number of benzene rings is 2. The van der Waals surface area contributed by atoms with E-state index in [9.17, 15) is 0 Å². The van der Waals surface area contributed by atoms with Crippen molar-refractivity contribution in [3.63, 3.8) is 0 Å². The Labute approximate surface area is 110 Å².